The lowest BCUT2D eigenvalue weighted by molar-refractivity contribution is 0.00435. The molecule has 24 heavy (non-hydrogen) atoms. The summed E-state index contributed by atoms with van der Waals surface area (Å²) in [5, 5.41) is 0. The third-order valence-electron chi connectivity index (χ3n) is 4.15. The highest BCUT2D eigenvalue weighted by Crippen LogP contribution is 2.32. The number of ether oxygens (including phenoxy) is 1. The van der Waals surface area contributed by atoms with E-state index in [1.807, 2.05) is 25.7 Å². The van der Waals surface area contributed by atoms with E-state index in [2.05, 4.69) is 4.85 Å². The molecular formula is C18H24FN3O2. The minimum Gasteiger partial charge on any atom is -0.444 e. The third-order valence-corrected chi connectivity index (χ3v) is 4.15. The van der Waals surface area contributed by atoms with Gasteiger partial charge in [-0.25, -0.2) is 20.7 Å². The maximum atomic E-state index is 14.2. The van der Waals surface area contributed by atoms with Crippen LogP contribution >= 0.6 is 0 Å². The molecule has 1 atom stereocenters. The number of carbonyl (C=O) groups is 1. The number of benzene rings is 1. The van der Waals surface area contributed by atoms with Gasteiger partial charge in [-0.05, 0) is 32.9 Å². The highest BCUT2D eigenvalue weighted by molar-refractivity contribution is 5.68. The van der Waals surface area contributed by atoms with Gasteiger partial charge in [0.2, 0.25) is 0 Å². The summed E-state index contributed by atoms with van der Waals surface area (Å²) in [5.74, 6) is -0.384. The average molecular weight is 333 g/mol. The number of piperazine rings is 1. The zero-order valence-corrected chi connectivity index (χ0v) is 14.7. The van der Waals surface area contributed by atoms with Crippen LogP contribution in [0.4, 0.5) is 9.18 Å². The Kier molecular flexibility index (Phi) is 5.14. The molecule has 5 nitrogen and oxygen atoms in total. The van der Waals surface area contributed by atoms with E-state index in [0.717, 1.165) is 0 Å². The number of hydrogen-bond acceptors (Lipinski definition) is 3. The molecule has 0 spiro atoms. The van der Waals surface area contributed by atoms with E-state index in [4.69, 9.17) is 11.3 Å². The summed E-state index contributed by atoms with van der Waals surface area (Å²) in [5.41, 5.74) is -1.25. The first-order chi connectivity index (χ1) is 11.2. The van der Waals surface area contributed by atoms with Crippen molar-refractivity contribution in [3.05, 3.63) is 47.1 Å². The molecule has 0 N–H and O–H groups in total. The van der Waals surface area contributed by atoms with Crippen molar-refractivity contribution in [3.63, 3.8) is 0 Å². The summed E-state index contributed by atoms with van der Waals surface area (Å²) >= 11 is 0. The number of halogens is 1. The first-order valence-electron chi connectivity index (χ1n) is 8.04. The topological polar surface area (TPSA) is 37.1 Å². The summed E-state index contributed by atoms with van der Waals surface area (Å²) in [6.45, 7) is 16.7. The van der Waals surface area contributed by atoms with Gasteiger partial charge >= 0.3 is 11.8 Å². The van der Waals surface area contributed by atoms with Crippen LogP contribution in [0.2, 0.25) is 0 Å². The van der Waals surface area contributed by atoms with Gasteiger partial charge in [0.1, 0.15) is 11.4 Å². The molecule has 130 valence electrons. The van der Waals surface area contributed by atoms with Crippen LogP contribution in [0.3, 0.4) is 0 Å². The van der Waals surface area contributed by atoms with Gasteiger partial charge in [-0.1, -0.05) is 12.1 Å². The maximum absolute atomic E-state index is 14.2. The lowest BCUT2D eigenvalue weighted by Crippen LogP contribution is -2.55. The predicted octanol–water partition coefficient (Wildman–Crippen LogP) is 3.47. The van der Waals surface area contributed by atoms with Crippen LogP contribution in [0.1, 0.15) is 33.3 Å². The molecule has 1 saturated heterocycles. The SMILES string of the molecule is [C-]#[N+]C(C)(c1ccccc1F)N1CCN(C(=O)OC(C)(C)C)CC1. The van der Waals surface area contributed by atoms with Crippen molar-refractivity contribution in [2.75, 3.05) is 26.2 Å². The van der Waals surface area contributed by atoms with Crippen LogP contribution in [0.25, 0.3) is 4.85 Å². The number of nitrogens with zero attached hydrogens (tertiary/aromatic N) is 3. The van der Waals surface area contributed by atoms with Crippen LogP contribution in [0.15, 0.2) is 24.3 Å². The Morgan fingerprint density at radius 2 is 1.75 bits per heavy atom. The summed E-state index contributed by atoms with van der Waals surface area (Å²) < 4.78 is 19.5. The second-order valence-electron chi connectivity index (χ2n) is 7.07. The Balaban J connectivity index is 2.09. The molecule has 0 aliphatic carbocycles. The summed E-state index contributed by atoms with van der Waals surface area (Å²) in [4.78, 5) is 19.4. The van der Waals surface area contributed by atoms with Crippen molar-refractivity contribution in [2.24, 2.45) is 0 Å². The lowest BCUT2D eigenvalue weighted by atomic mass is 9.98. The normalized spacial score (nSPS) is 18.6. The Morgan fingerprint density at radius 1 is 1.17 bits per heavy atom. The molecule has 1 heterocycles. The van der Waals surface area contributed by atoms with Crippen molar-refractivity contribution in [2.45, 2.75) is 39.0 Å². The van der Waals surface area contributed by atoms with Gasteiger partial charge in [0.25, 0.3) is 0 Å². The molecule has 6 heteroatoms. The van der Waals surface area contributed by atoms with Gasteiger partial charge < -0.3 is 9.64 Å². The Labute approximate surface area is 142 Å². The van der Waals surface area contributed by atoms with Crippen LogP contribution in [0.5, 0.6) is 0 Å². The van der Waals surface area contributed by atoms with Gasteiger partial charge in [-0.15, -0.1) is 0 Å². The molecule has 0 aromatic heterocycles. The highest BCUT2D eigenvalue weighted by atomic mass is 19.1. The summed E-state index contributed by atoms with van der Waals surface area (Å²) in [6, 6.07) is 6.37. The van der Waals surface area contributed by atoms with Crippen LogP contribution in [-0.4, -0.2) is 47.7 Å². The Hall–Kier alpha value is -2.13. The fourth-order valence-electron chi connectivity index (χ4n) is 2.80. The van der Waals surface area contributed by atoms with Gasteiger partial charge in [-0.3, -0.25) is 4.85 Å². The van der Waals surface area contributed by atoms with E-state index in [1.165, 1.54) is 6.07 Å². The second-order valence-corrected chi connectivity index (χ2v) is 7.07. The number of carbonyl (C=O) groups excluding carboxylic acids is 1. The van der Waals surface area contributed by atoms with Crippen LogP contribution < -0.4 is 0 Å². The van der Waals surface area contributed by atoms with E-state index in [9.17, 15) is 9.18 Å². The zero-order valence-electron chi connectivity index (χ0n) is 14.7. The molecule has 1 fully saturated rings. The van der Waals surface area contributed by atoms with Gasteiger partial charge in [0, 0.05) is 33.1 Å². The van der Waals surface area contributed by atoms with E-state index in [-0.39, 0.29) is 11.9 Å². The van der Waals surface area contributed by atoms with E-state index in [0.29, 0.717) is 31.7 Å². The fourth-order valence-corrected chi connectivity index (χ4v) is 2.80. The molecule has 0 radical (unpaired) electrons. The van der Waals surface area contributed by atoms with Gasteiger partial charge in [0.15, 0.2) is 0 Å². The largest absolute Gasteiger partial charge is 0.444 e. The van der Waals surface area contributed by atoms with E-state index in [1.54, 1.807) is 30.0 Å². The summed E-state index contributed by atoms with van der Waals surface area (Å²) in [6.07, 6.45) is -0.349. The van der Waals surface area contributed by atoms with E-state index < -0.39 is 11.3 Å². The van der Waals surface area contributed by atoms with Crippen LogP contribution in [0, 0.1) is 12.4 Å². The summed E-state index contributed by atoms with van der Waals surface area (Å²) in [7, 11) is 0. The molecule has 1 aromatic rings. The molecule has 0 bridgehead atoms. The van der Waals surface area contributed by atoms with Crippen molar-refractivity contribution in [1.82, 2.24) is 9.80 Å². The molecule has 1 amide bonds. The maximum Gasteiger partial charge on any atom is 0.410 e. The van der Waals surface area contributed by atoms with Gasteiger partial charge in [0.05, 0.1) is 5.56 Å². The average Bonchev–Trinajstić information content (AvgIpc) is 2.53. The van der Waals surface area contributed by atoms with Crippen molar-refractivity contribution in [1.29, 1.82) is 0 Å². The standard InChI is InChI=1S/C18H24FN3O2/c1-17(2,3)24-16(23)21-10-12-22(13-11-21)18(4,20-5)14-8-6-7-9-15(14)19/h6-9H,10-13H2,1-4H3. The highest BCUT2D eigenvalue weighted by Gasteiger charge is 2.44. The zero-order chi connectivity index (χ0) is 18.0. The Bertz CT molecular complexity index is 642. The quantitative estimate of drug-likeness (QED) is 0.778. The molecule has 1 aliphatic heterocycles. The number of hydrogen-bond donors (Lipinski definition) is 0. The number of rotatable bonds is 2. The van der Waals surface area contributed by atoms with Crippen molar-refractivity contribution >= 4 is 6.09 Å². The predicted molar refractivity (Wildman–Crippen MR) is 89.7 cm³/mol. The fraction of sp³-hybridized carbons (Fsp3) is 0.556. The molecule has 2 rings (SSSR count). The molecular weight excluding hydrogens is 309 g/mol. The monoisotopic (exact) mass is 333 g/mol. The molecule has 0 saturated carbocycles. The van der Waals surface area contributed by atoms with Crippen molar-refractivity contribution in [3.8, 4) is 0 Å². The Morgan fingerprint density at radius 3 is 2.25 bits per heavy atom. The molecule has 1 unspecified atom stereocenters. The lowest BCUT2D eigenvalue weighted by Gasteiger charge is -2.39. The minimum absolute atomic E-state index is 0.349. The van der Waals surface area contributed by atoms with E-state index >= 15 is 0 Å². The minimum atomic E-state index is -1.08. The first-order valence-corrected chi connectivity index (χ1v) is 8.04. The van der Waals surface area contributed by atoms with Crippen LogP contribution in [-0.2, 0) is 10.4 Å². The number of amides is 1. The van der Waals surface area contributed by atoms with Gasteiger partial charge in [-0.2, -0.15) is 0 Å². The molecule has 1 aliphatic rings. The first kappa shape index (κ1) is 18.2. The second kappa shape index (κ2) is 6.78. The smallest absolute Gasteiger partial charge is 0.410 e. The third kappa shape index (κ3) is 3.85. The molecule has 1 aromatic carbocycles. The van der Waals surface area contributed by atoms with Crippen molar-refractivity contribution < 1.29 is 13.9 Å².